The van der Waals surface area contributed by atoms with E-state index in [1.165, 1.54) is 0 Å². The molecule has 80 valence electrons. The minimum Gasteiger partial charge on any atom is -0.487 e. The van der Waals surface area contributed by atoms with E-state index < -0.39 is 34.5 Å². The SMILES string of the molecule is [B]c1c(F)c(F)c(OCCC)c(F)c1F. The number of halogens is 4. The average Bonchev–Trinajstić information content (AvgIpc) is 2.24. The largest absolute Gasteiger partial charge is 0.487 e. The highest BCUT2D eigenvalue weighted by Crippen LogP contribution is 2.24. The number of hydrogen-bond acceptors (Lipinski definition) is 1. The molecule has 0 aliphatic carbocycles. The average molecular weight is 218 g/mol. The molecule has 6 heteroatoms. The van der Waals surface area contributed by atoms with Gasteiger partial charge in [-0.2, -0.15) is 8.78 Å². The van der Waals surface area contributed by atoms with Gasteiger partial charge in [-0.3, -0.25) is 0 Å². The van der Waals surface area contributed by atoms with Gasteiger partial charge in [0.05, 0.1) is 6.61 Å². The summed E-state index contributed by atoms with van der Waals surface area (Å²) in [6.45, 7) is 1.64. The van der Waals surface area contributed by atoms with Gasteiger partial charge in [-0.05, 0) is 11.9 Å². The van der Waals surface area contributed by atoms with Gasteiger partial charge >= 0.3 is 0 Å². The van der Waals surface area contributed by atoms with Gasteiger partial charge < -0.3 is 4.74 Å². The Hall–Kier alpha value is -1.20. The second-order valence-electron chi connectivity index (χ2n) is 2.85. The van der Waals surface area contributed by atoms with Gasteiger partial charge in [0.1, 0.15) is 7.85 Å². The molecule has 2 radical (unpaired) electrons. The van der Waals surface area contributed by atoms with Crippen LogP contribution in [0.25, 0.3) is 0 Å². The molecule has 15 heavy (non-hydrogen) atoms. The Morgan fingerprint density at radius 2 is 1.47 bits per heavy atom. The molecular formula is C9H7BF4O. The zero-order valence-corrected chi connectivity index (χ0v) is 7.91. The Bertz CT molecular complexity index is 352. The predicted molar refractivity (Wildman–Crippen MR) is 47.4 cm³/mol. The standard InChI is InChI=1S/C9H7BF4O/c1-2-3-15-9-7(13)5(11)4(10)6(12)8(9)14/h2-3H2,1H3. The second-order valence-corrected chi connectivity index (χ2v) is 2.85. The summed E-state index contributed by atoms with van der Waals surface area (Å²) < 4.78 is 56.4. The van der Waals surface area contributed by atoms with Crippen LogP contribution in [0, 0.1) is 23.3 Å². The fraction of sp³-hybridized carbons (Fsp3) is 0.333. The van der Waals surface area contributed by atoms with E-state index in [9.17, 15) is 17.6 Å². The molecule has 0 atom stereocenters. The van der Waals surface area contributed by atoms with Crippen LogP contribution in [-0.2, 0) is 0 Å². The van der Waals surface area contributed by atoms with Crippen molar-refractivity contribution in [2.24, 2.45) is 0 Å². The van der Waals surface area contributed by atoms with Crippen LogP contribution in [0.1, 0.15) is 13.3 Å². The Balaban J connectivity index is 3.26. The Labute approximate surface area is 85.5 Å². The van der Waals surface area contributed by atoms with E-state index >= 15 is 0 Å². The van der Waals surface area contributed by atoms with Crippen molar-refractivity contribution in [1.82, 2.24) is 0 Å². The number of rotatable bonds is 3. The summed E-state index contributed by atoms with van der Waals surface area (Å²) in [4.78, 5) is 0. The van der Waals surface area contributed by atoms with Crippen molar-refractivity contribution in [2.45, 2.75) is 13.3 Å². The third-order valence-corrected chi connectivity index (χ3v) is 1.71. The molecule has 0 aliphatic rings. The van der Waals surface area contributed by atoms with Crippen molar-refractivity contribution in [3.8, 4) is 5.75 Å². The van der Waals surface area contributed by atoms with E-state index in [1.807, 2.05) is 0 Å². The summed E-state index contributed by atoms with van der Waals surface area (Å²) in [7, 11) is 4.80. The van der Waals surface area contributed by atoms with E-state index in [0.29, 0.717) is 6.42 Å². The van der Waals surface area contributed by atoms with Gasteiger partial charge in [0.2, 0.25) is 11.6 Å². The fourth-order valence-corrected chi connectivity index (χ4v) is 0.959. The van der Waals surface area contributed by atoms with Crippen LogP contribution >= 0.6 is 0 Å². The minimum absolute atomic E-state index is 0.0450. The highest BCUT2D eigenvalue weighted by Gasteiger charge is 2.23. The van der Waals surface area contributed by atoms with Crippen molar-refractivity contribution < 1.29 is 22.3 Å². The molecule has 1 rings (SSSR count). The molecule has 0 N–H and O–H groups in total. The first-order valence-electron chi connectivity index (χ1n) is 4.24. The molecule has 0 saturated carbocycles. The molecule has 1 aromatic carbocycles. The third-order valence-electron chi connectivity index (χ3n) is 1.71. The van der Waals surface area contributed by atoms with Crippen molar-refractivity contribution in [3.05, 3.63) is 23.3 Å². The summed E-state index contributed by atoms with van der Waals surface area (Å²) >= 11 is 0. The Morgan fingerprint density at radius 3 is 1.87 bits per heavy atom. The number of hydrogen-bond donors (Lipinski definition) is 0. The summed E-state index contributed by atoms with van der Waals surface area (Å²) in [6.07, 6.45) is 0.451. The monoisotopic (exact) mass is 218 g/mol. The lowest BCUT2D eigenvalue weighted by Gasteiger charge is -2.10. The van der Waals surface area contributed by atoms with Crippen LogP contribution < -0.4 is 10.2 Å². The lowest BCUT2D eigenvalue weighted by molar-refractivity contribution is 0.273. The molecule has 0 aliphatic heterocycles. The zero-order chi connectivity index (χ0) is 11.6. The first-order chi connectivity index (χ1) is 7.00. The summed E-state index contributed by atoms with van der Waals surface area (Å²) in [5, 5.41) is 0. The Kier molecular flexibility index (Phi) is 3.60. The van der Waals surface area contributed by atoms with Crippen LogP contribution in [0.2, 0.25) is 0 Å². The van der Waals surface area contributed by atoms with Gasteiger partial charge in [0.15, 0.2) is 17.4 Å². The van der Waals surface area contributed by atoms with Crippen LogP contribution in [0.3, 0.4) is 0 Å². The van der Waals surface area contributed by atoms with Gasteiger partial charge in [0, 0.05) is 0 Å². The topological polar surface area (TPSA) is 9.23 Å². The first-order valence-corrected chi connectivity index (χ1v) is 4.24. The van der Waals surface area contributed by atoms with Crippen molar-refractivity contribution in [1.29, 1.82) is 0 Å². The van der Waals surface area contributed by atoms with Crippen LogP contribution in [0.4, 0.5) is 17.6 Å². The van der Waals surface area contributed by atoms with Gasteiger partial charge in [0.25, 0.3) is 0 Å². The summed E-state index contributed by atoms with van der Waals surface area (Å²) in [5.74, 6) is -7.57. The third kappa shape index (κ3) is 2.08. The maximum Gasteiger partial charge on any atom is 0.203 e. The van der Waals surface area contributed by atoms with E-state index in [0.717, 1.165) is 0 Å². The molecule has 0 aromatic heterocycles. The number of ether oxygens (including phenoxy) is 1. The first kappa shape index (κ1) is 11.9. The zero-order valence-electron chi connectivity index (χ0n) is 7.91. The normalized spacial score (nSPS) is 10.5. The lowest BCUT2D eigenvalue weighted by atomic mass is 9.94. The van der Waals surface area contributed by atoms with Crippen molar-refractivity contribution in [3.63, 3.8) is 0 Å². The lowest BCUT2D eigenvalue weighted by Crippen LogP contribution is -2.20. The highest BCUT2D eigenvalue weighted by atomic mass is 19.2. The molecular weight excluding hydrogens is 211 g/mol. The molecule has 1 aromatic rings. The number of benzene rings is 1. The smallest absolute Gasteiger partial charge is 0.203 e. The second kappa shape index (κ2) is 4.55. The van der Waals surface area contributed by atoms with E-state index in [-0.39, 0.29) is 6.61 Å². The van der Waals surface area contributed by atoms with Crippen LogP contribution in [0.5, 0.6) is 5.75 Å². The highest BCUT2D eigenvalue weighted by molar-refractivity contribution is 6.32. The molecule has 0 saturated heterocycles. The summed E-state index contributed by atoms with van der Waals surface area (Å²) in [5.41, 5.74) is -1.19. The van der Waals surface area contributed by atoms with Crippen molar-refractivity contribution in [2.75, 3.05) is 6.61 Å². The Morgan fingerprint density at radius 1 is 1.00 bits per heavy atom. The van der Waals surface area contributed by atoms with E-state index in [1.54, 1.807) is 6.92 Å². The quantitative estimate of drug-likeness (QED) is 0.427. The van der Waals surface area contributed by atoms with Crippen LogP contribution in [-0.4, -0.2) is 14.5 Å². The molecule has 0 heterocycles. The molecule has 0 spiro atoms. The molecule has 0 unspecified atom stereocenters. The molecule has 0 bridgehead atoms. The summed E-state index contributed by atoms with van der Waals surface area (Å²) in [6, 6.07) is 0. The van der Waals surface area contributed by atoms with E-state index in [2.05, 4.69) is 4.74 Å². The molecule has 0 fully saturated rings. The van der Waals surface area contributed by atoms with Gasteiger partial charge in [-0.25, -0.2) is 8.78 Å². The van der Waals surface area contributed by atoms with Gasteiger partial charge in [-0.1, -0.05) is 6.92 Å². The molecule has 1 nitrogen and oxygen atoms in total. The minimum atomic E-state index is -1.64. The van der Waals surface area contributed by atoms with Crippen LogP contribution in [0.15, 0.2) is 0 Å². The maximum atomic E-state index is 13.0. The van der Waals surface area contributed by atoms with E-state index in [4.69, 9.17) is 7.85 Å². The maximum absolute atomic E-state index is 13.0. The predicted octanol–water partition coefficient (Wildman–Crippen LogP) is 1.83. The fourth-order valence-electron chi connectivity index (χ4n) is 0.959. The van der Waals surface area contributed by atoms with Gasteiger partial charge in [-0.15, -0.1) is 0 Å². The molecule has 0 amide bonds. The van der Waals surface area contributed by atoms with Crippen molar-refractivity contribution >= 4 is 13.3 Å².